The molecule has 0 aromatic carbocycles. The first-order valence-corrected chi connectivity index (χ1v) is 6.90. The zero-order valence-corrected chi connectivity index (χ0v) is 13.0. The summed E-state index contributed by atoms with van der Waals surface area (Å²) >= 11 is 0. The standard InChI is InChI=1S/C15H30O3/c1-13(2,3)15(10-16-5,11-17-6)12-18-14(4)8-7-9-14/h7-12H2,1-6H3. The van der Waals surface area contributed by atoms with Gasteiger partial charge in [-0.2, -0.15) is 0 Å². The van der Waals surface area contributed by atoms with Crippen LogP contribution in [0.2, 0.25) is 0 Å². The van der Waals surface area contributed by atoms with Gasteiger partial charge in [-0.05, 0) is 31.6 Å². The topological polar surface area (TPSA) is 27.7 Å². The van der Waals surface area contributed by atoms with Crippen molar-refractivity contribution >= 4 is 0 Å². The number of hydrogen-bond donors (Lipinski definition) is 0. The maximum Gasteiger partial charge on any atom is 0.0654 e. The van der Waals surface area contributed by atoms with Gasteiger partial charge < -0.3 is 14.2 Å². The van der Waals surface area contributed by atoms with E-state index in [2.05, 4.69) is 27.7 Å². The van der Waals surface area contributed by atoms with Crippen LogP contribution in [-0.4, -0.2) is 39.6 Å². The summed E-state index contributed by atoms with van der Waals surface area (Å²) in [5.41, 5.74) is 0.0756. The van der Waals surface area contributed by atoms with Gasteiger partial charge in [-0.15, -0.1) is 0 Å². The first-order chi connectivity index (χ1) is 8.29. The Morgan fingerprint density at radius 3 is 1.72 bits per heavy atom. The zero-order chi connectivity index (χ0) is 13.9. The Labute approximate surface area is 112 Å². The largest absolute Gasteiger partial charge is 0.384 e. The Bertz CT molecular complexity index is 245. The normalized spacial score (nSPS) is 19.7. The van der Waals surface area contributed by atoms with Gasteiger partial charge in [-0.3, -0.25) is 0 Å². The van der Waals surface area contributed by atoms with Gasteiger partial charge in [-0.25, -0.2) is 0 Å². The van der Waals surface area contributed by atoms with Crippen molar-refractivity contribution in [3.8, 4) is 0 Å². The van der Waals surface area contributed by atoms with E-state index in [-0.39, 0.29) is 16.4 Å². The van der Waals surface area contributed by atoms with Crippen LogP contribution in [-0.2, 0) is 14.2 Å². The lowest BCUT2D eigenvalue weighted by atomic mass is 9.67. The summed E-state index contributed by atoms with van der Waals surface area (Å²) < 4.78 is 17.1. The third kappa shape index (κ3) is 3.46. The molecule has 1 rings (SSSR count). The van der Waals surface area contributed by atoms with Crippen LogP contribution in [0.3, 0.4) is 0 Å². The van der Waals surface area contributed by atoms with Gasteiger partial charge in [0, 0.05) is 19.6 Å². The Morgan fingerprint density at radius 1 is 0.944 bits per heavy atom. The highest BCUT2D eigenvalue weighted by molar-refractivity contribution is 4.93. The smallest absolute Gasteiger partial charge is 0.0654 e. The molecule has 0 radical (unpaired) electrons. The summed E-state index contributed by atoms with van der Waals surface area (Å²) in [5, 5.41) is 0. The van der Waals surface area contributed by atoms with Crippen LogP contribution in [0.1, 0.15) is 47.0 Å². The van der Waals surface area contributed by atoms with E-state index in [0.717, 1.165) is 0 Å². The summed E-state index contributed by atoms with van der Waals surface area (Å²) in [7, 11) is 3.50. The molecule has 18 heavy (non-hydrogen) atoms. The molecule has 3 heteroatoms. The molecule has 0 aliphatic heterocycles. The minimum atomic E-state index is -0.0882. The fraction of sp³-hybridized carbons (Fsp3) is 1.00. The SMILES string of the molecule is COCC(COC)(COC1(C)CCC1)C(C)(C)C. The summed E-state index contributed by atoms with van der Waals surface area (Å²) in [6, 6.07) is 0. The molecule has 0 bridgehead atoms. The zero-order valence-electron chi connectivity index (χ0n) is 13.0. The van der Waals surface area contributed by atoms with Crippen molar-refractivity contribution in [3.05, 3.63) is 0 Å². The van der Waals surface area contributed by atoms with Gasteiger partial charge in [0.2, 0.25) is 0 Å². The first-order valence-electron chi connectivity index (χ1n) is 6.90. The Balaban J connectivity index is 2.74. The number of rotatable bonds is 7. The van der Waals surface area contributed by atoms with E-state index in [1.54, 1.807) is 14.2 Å². The van der Waals surface area contributed by atoms with Crippen LogP contribution in [0.4, 0.5) is 0 Å². The molecule has 0 saturated heterocycles. The van der Waals surface area contributed by atoms with Gasteiger partial charge in [-0.1, -0.05) is 20.8 Å². The van der Waals surface area contributed by atoms with E-state index in [1.165, 1.54) is 19.3 Å². The number of methoxy groups -OCH3 is 2. The molecule has 3 nitrogen and oxygen atoms in total. The second-order valence-corrected chi connectivity index (χ2v) is 6.99. The average molecular weight is 258 g/mol. The average Bonchev–Trinajstić information content (AvgIpc) is 2.22. The molecule has 108 valence electrons. The third-order valence-corrected chi connectivity index (χ3v) is 4.54. The lowest BCUT2D eigenvalue weighted by molar-refractivity contribution is -0.168. The van der Waals surface area contributed by atoms with E-state index in [9.17, 15) is 0 Å². The summed E-state index contributed by atoms with van der Waals surface area (Å²) in [4.78, 5) is 0. The fourth-order valence-corrected chi connectivity index (χ4v) is 2.46. The minimum absolute atomic E-state index is 0.0813. The van der Waals surface area contributed by atoms with Crippen molar-refractivity contribution in [1.29, 1.82) is 0 Å². The molecular weight excluding hydrogens is 228 g/mol. The van der Waals surface area contributed by atoms with Crippen LogP contribution < -0.4 is 0 Å². The molecule has 0 spiro atoms. The van der Waals surface area contributed by atoms with Gasteiger partial charge >= 0.3 is 0 Å². The van der Waals surface area contributed by atoms with Crippen molar-refractivity contribution in [3.63, 3.8) is 0 Å². The molecule has 0 unspecified atom stereocenters. The number of hydrogen-bond acceptors (Lipinski definition) is 3. The predicted molar refractivity (Wildman–Crippen MR) is 73.8 cm³/mol. The van der Waals surface area contributed by atoms with Crippen molar-refractivity contribution in [2.75, 3.05) is 34.0 Å². The second-order valence-electron chi connectivity index (χ2n) is 6.99. The fourth-order valence-electron chi connectivity index (χ4n) is 2.46. The highest BCUT2D eigenvalue weighted by Gasteiger charge is 2.45. The summed E-state index contributed by atoms with van der Waals surface area (Å²) in [5.74, 6) is 0. The summed E-state index contributed by atoms with van der Waals surface area (Å²) in [6.07, 6.45) is 3.63. The van der Waals surface area contributed by atoms with Gasteiger partial charge in [0.15, 0.2) is 0 Å². The van der Waals surface area contributed by atoms with Crippen molar-refractivity contribution in [1.82, 2.24) is 0 Å². The Kier molecular flexibility index (Phi) is 5.22. The van der Waals surface area contributed by atoms with Gasteiger partial charge in [0.25, 0.3) is 0 Å². The first kappa shape index (κ1) is 15.9. The lowest BCUT2D eigenvalue weighted by Gasteiger charge is -2.47. The van der Waals surface area contributed by atoms with Gasteiger partial charge in [0.05, 0.1) is 25.4 Å². The molecule has 0 atom stereocenters. The van der Waals surface area contributed by atoms with Crippen LogP contribution in [0, 0.1) is 10.8 Å². The van der Waals surface area contributed by atoms with Crippen molar-refractivity contribution in [2.24, 2.45) is 10.8 Å². The Hall–Kier alpha value is -0.120. The van der Waals surface area contributed by atoms with Crippen molar-refractivity contribution in [2.45, 2.75) is 52.6 Å². The highest BCUT2D eigenvalue weighted by Crippen LogP contribution is 2.43. The third-order valence-electron chi connectivity index (χ3n) is 4.54. The minimum Gasteiger partial charge on any atom is -0.384 e. The molecule has 0 aromatic rings. The van der Waals surface area contributed by atoms with Gasteiger partial charge in [0.1, 0.15) is 0 Å². The molecule has 1 saturated carbocycles. The highest BCUT2D eigenvalue weighted by atomic mass is 16.5. The Morgan fingerprint density at radius 2 is 1.44 bits per heavy atom. The summed E-state index contributed by atoms with van der Waals surface area (Å²) in [6.45, 7) is 10.9. The van der Waals surface area contributed by atoms with Crippen LogP contribution in [0.5, 0.6) is 0 Å². The van der Waals surface area contributed by atoms with Crippen molar-refractivity contribution < 1.29 is 14.2 Å². The van der Waals surface area contributed by atoms with E-state index >= 15 is 0 Å². The van der Waals surface area contributed by atoms with E-state index < -0.39 is 0 Å². The monoisotopic (exact) mass is 258 g/mol. The second kappa shape index (κ2) is 5.89. The van der Waals surface area contributed by atoms with Crippen LogP contribution in [0.15, 0.2) is 0 Å². The molecule has 0 heterocycles. The molecule has 1 fully saturated rings. The van der Waals surface area contributed by atoms with E-state index in [0.29, 0.717) is 19.8 Å². The molecule has 0 aromatic heterocycles. The maximum atomic E-state index is 6.20. The molecule has 0 amide bonds. The molecule has 0 N–H and O–H groups in total. The van der Waals surface area contributed by atoms with Crippen LogP contribution in [0.25, 0.3) is 0 Å². The molecule has 1 aliphatic carbocycles. The quantitative estimate of drug-likeness (QED) is 0.701. The molecule has 1 aliphatic rings. The van der Waals surface area contributed by atoms with E-state index in [4.69, 9.17) is 14.2 Å². The number of ether oxygens (including phenoxy) is 3. The molecular formula is C15H30O3. The maximum absolute atomic E-state index is 6.20. The van der Waals surface area contributed by atoms with E-state index in [1.807, 2.05) is 0 Å². The predicted octanol–water partition coefficient (Wildman–Crippen LogP) is 3.27. The lowest BCUT2D eigenvalue weighted by Crippen LogP contribution is -2.50. The van der Waals surface area contributed by atoms with Crippen LogP contribution >= 0.6 is 0 Å².